The maximum Gasteiger partial charge on any atom is 0.337 e. The van der Waals surface area contributed by atoms with Crippen LogP contribution in [0, 0.1) is 0 Å². The van der Waals surface area contributed by atoms with Crippen molar-refractivity contribution in [3.8, 4) is 11.5 Å². The van der Waals surface area contributed by atoms with E-state index in [1.54, 1.807) is 30.3 Å². The molecule has 0 bridgehead atoms. The summed E-state index contributed by atoms with van der Waals surface area (Å²) >= 11 is 0. The fourth-order valence-electron chi connectivity index (χ4n) is 3.22. The van der Waals surface area contributed by atoms with Crippen LogP contribution in [0.25, 0.3) is 11.6 Å². The fourth-order valence-corrected chi connectivity index (χ4v) is 3.22. The molecule has 0 heterocycles. The Bertz CT molecular complexity index is 901. The van der Waals surface area contributed by atoms with Gasteiger partial charge in [-0.15, -0.1) is 0 Å². The molecule has 0 unspecified atom stereocenters. The van der Waals surface area contributed by atoms with Crippen LogP contribution in [0.5, 0.6) is 11.5 Å². The van der Waals surface area contributed by atoms with Crippen LogP contribution in [0.4, 0.5) is 0 Å². The van der Waals surface area contributed by atoms with E-state index in [9.17, 15) is 9.59 Å². The van der Waals surface area contributed by atoms with E-state index in [4.69, 9.17) is 14.2 Å². The second kappa shape index (κ2) is 14.1. The van der Waals surface area contributed by atoms with Gasteiger partial charge in [0.25, 0.3) is 0 Å². The molecule has 32 heavy (non-hydrogen) atoms. The van der Waals surface area contributed by atoms with Gasteiger partial charge >= 0.3 is 5.97 Å². The SMILES string of the molecule is CCCCCOc1ccc(C=C(C=O)c2cccc(C(=O)OC)c2)cc1OCCCCC. The number of ether oxygens (including phenoxy) is 3. The lowest BCUT2D eigenvalue weighted by atomic mass is 10.0. The van der Waals surface area contributed by atoms with Gasteiger partial charge in [0, 0.05) is 5.57 Å². The average Bonchev–Trinajstić information content (AvgIpc) is 2.83. The number of esters is 1. The highest BCUT2D eigenvalue weighted by Crippen LogP contribution is 2.31. The fraction of sp³-hybridized carbons (Fsp3) is 0.407. The van der Waals surface area contributed by atoms with E-state index in [1.165, 1.54) is 7.11 Å². The van der Waals surface area contributed by atoms with Crippen molar-refractivity contribution in [1.29, 1.82) is 0 Å². The van der Waals surface area contributed by atoms with Crippen LogP contribution in [0.15, 0.2) is 42.5 Å². The number of hydrogen-bond donors (Lipinski definition) is 0. The minimum Gasteiger partial charge on any atom is -0.490 e. The highest BCUT2D eigenvalue weighted by atomic mass is 16.5. The van der Waals surface area contributed by atoms with Gasteiger partial charge in [0.1, 0.15) is 0 Å². The van der Waals surface area contributed by atoms with E-state index in [1.807, 2.05) is 18.2 Å². The van der Waals surface area contributed by atoms with Gasteiger partial charge in [0.15, 0.2) is 17.8 Å². The number of methoxy groups -OCH3 is 1. The number of allylic oxidation sites excluding steroid dienone is 1. The Hall–Kier alpha value is -3.08. The Morgan fingerprint density at radius 3 is 2.12 bits per heavy atom. The molecule has 0 saturated carbocycles. The van der Waals surface area contributed by atoms with E-state index >= 15 is 0 Å². The van der Waals surface area contributed by atoms with Gasteiger partial charge in [0.2, 0.25) is 0 Å². The summed E-state index contributed by atoms with van der Waals surface area (Å²) in [5.74, 6) is 0.958. The van der Waals surface area contributed by atoms with Crippen molar-refractivity contribution in [2.24, 2.45) is 0 Å². The predicted molar refractivity (Wildman–Crippen MR) is 128 cm³/mol. The normalized spacial score (nSPS) is 11.2. The molecule has 0 radical (unpaired) electrons. The number of hydrogen-bond acceptors (Lipinski definition) is 5. The molecule has 5 nitrogen and oxygen atoms in total. The van der Waals surface area contributed by atoms with Crippen LogP contribution in [0.2, 0.25) is 0 Å². The second-order valence-electron chi connectivity index (χ2n) is 7.61. The molecule has 2 aromatic rings. The molecule has 0 saturated heterocycles. The van der Waals surface area contributed by atoms with Crippen molar-refractivity contribution in [2.45, 2.75) is 52.4 Å². The Morgan fingerprint density at radius 2 is 1.50 bits per heavy atom. The summed E-state index contributed by atoms with van der Waals surface area (Å²) < 4.78 is 16.8. The molecule has 0 spiro atoms. The van der Waals surface area contributed by atoms with Crippen molar-refractivity contribution in [1.82, 2.24) is 0 Å². The first-order valence-electron chi connectivity index (χ1n) is 11.4. The third kappa shape index (κ3) is 7.88. The van der Waals surface area contributed by atoms with Gasteiger partial charge in [-0.2, -0.15) is 0 Å². The summed E-state index contributed by atoms with van der Waals surface area (Å²) in [5, 5.41) is 0. The Morgan fingerprint density at radius 1 is 0.844 bits per heavy atom. The highest BCUT2D eigenvalue weighted by molar-refractivity contribution is 6.13. The summed E-state index contributed by atoms with van der Waals surface area (Å²) in [6.45, 7) is 5.58. The van der Waals surface area contributed by atoms with Crippen LogP contribution < -0.4 is 9.47 Å². The van der Waals surface area contributed by atoms with E-state index < -0.39 is 5.97 Å². The van der Waals surface area contributed by atoms with Gasteiger partial charge < -0.3 is 14.2 Å². The molecular weight excluding hydrogens is 404 g/mol. The van der Waals surface area contributed by atoms with Crippen LogP contribution in [0.3, 0.4) is 0 Å². The van der Waals surface area contributed by atoms with Gasteiger partial charge in [-0.1, -0.05) is 57.7 Å². The molecule has 5 heteroatoms. The first kappa shape index (κ1) is 25.2. The predicted octanol–water partition coefficient (Wildman–Crippen LogP) is 6.35. The second-order valence-corrected chi connectivity index (χ2v) is 7.61. The zero-order valence-corrected chi connectivity index (χ0v) is 19.4. The summed E-state index contributed by atoms with van der Waals surface area (Å²) in [6, 6.07) is 12.5. The smallest absolute Gasteiger partial charge is 0.337 e. The molecule has 0 aliphatic heterocycles. The van der Waals surface area contributed by atoms with E-state index in [2.05, 4.69) is 13.8 Å². The molecule has 0 aliphatic carbocycles. The lowest BCUT2D eigenvalue weighted by molar-refractivity contribution is -0.103. The molecule has 0 aliphatic rings. The third-order valence-electron chi connectivity index (χ3n) is 5.04. The van der Waals surface area contributed by atoms with Crippen molar-refractivity contribution >= 4 is 23.9 Å². The molecule has 172 valence electrons. The zero-order valence-electron chi connectivity index (χ0n) is 19.4. The monoisotopic (exact) mass is 438 g/mol. The van der Waals surface area contributed by atoms with Gasteiger partial charge in [-0.05, 0) is 54.3 Å². The Balaban J connectivity index is 2.28. The number of aldehydes is 1. The summed E-state index contributed by atoms with van der Waals surface area (Å²) in [4.78, 5) is 23.6. The highest BCUT2D eigenvalue weighted by Gasteiger charge is 2.10. The average molecular weight is 439 g/mol. The van der Waals surface area contributed by atoms with Crippen LogP contribution in [-0.2, 0) is 9.53 Å². The number of unbranched alkanes of at least 4 members (excludes halogenated alkanes) is 4. The molecule has 0 atom stereocenters. The van der Waals surface area contributed by atoms with Crippen molar-refractivity contribution < 1.29 is 23.8 Å². The van der Waals surface area contributed by atoms with E-state index in [-0.39, 0.29) is 0 Å². The molecule has 2 rings (SSSR count). The number of rotatable bonds is 14. The first-order valence-corrected chi connectivity index (χ1v) is 11.4. The standard InChI is InChI=1S/C27H34O5/c1-4-6-8-15-31-25-14-13-21(18-26(25)32-16-9-7-5-2)17-24(20-28)22-11-10-12-23(19-22)27(29)30-3/h10-14,17-20H,4-9,15-16H2,1-3H3. The number of carbonyl (C=O) groups is 2. The topological polar surface area (TPSA) is 61.8 Å². The summed E-state index contributed by atoms with van der Waals surface area (Å²) in [7, 11) is 1.33. The number of carbonyl (C=O) groups excluding carboxylic acids is 2. The maximum absolute atomic E-state index is 11.8. The van der Waals surface area contributed by atoms with Crippen molar-refractivity contribution in [2.75, 3.05) is 20.3 Å². The lowest BCUT2D eigenvalue weighted by Gasteiger charge is -2.14. The van der Waals surface area contributed by atoms with Gasteiger partial charge in [-0.3, -0.25) is 4.79 Å². The summed E-state index contributed by atoms with van der Waals surface area (Å²) in [6.07, 6.45) is 9.04. The zero-order chi connectivity index (χ0) is 23.2. The molecule has 0 aromatic heterocycles. The van der Waals surface area contributed by atoms with E-state index in [0.29, 0.717) is 35.7 Å². The minimum atomic E-state index is -0.440. The maximum atomic E-state index is 11.8. The molecule has 0 fully saturated rings. The number of benzene rings is 2. The third-order valence-corrected chi connectivity index (χ3v) is 5.04. The molecule has 2 aromatic carbocycles. The quantitative estimate of drug-likeness (QED) is 0.113. The van der Waals surface area contributed by atoms with Crippen LogP contribution in [0.1, 0.15) is 73.9 Å². The summed E-state index contributed by atoms with van der Waals surface area (Å²) in [5.41, 5.74) is 2.33. The van der Waals surface area contributed by atoms with Gasteiger partial charge in [-0.25, -0.2) is 4.79 Å². The van der Waals surface area contributed by atoms with Crippen molar-refractivity contribution in [3.05, 3.63) is 59.2 Å². The first-order chi connectivity index (χ1) is 15.6. The largest absolute Gasteiger partial charge is 0.490 e. The van der Waals surface area contributed by atoms with Crippen LogP contribution in [-0.4, -0.2) is 32.6 Å². The molecular formula is C27H34O5. The Labute approximate surface area is 191 Å². The lowest BCUT2D eigenvalue weighted by Crippen LogP contribution is -2.03. The Kier molecular flexibility index (Phi) is 11.1. The van der Waals surface area contributed by atoms with Crippen molar-refractivity contribution in [3.63, 3.8) is 0 Å². The van der Waals surface area contributed by atoms with Gasteiger partial charge in [0.05, 0.1) is 25.9 Å². The minimum absolute atomic E-state index is 0.397. The molecule has 0 N–H and O–H groups in total. The van der Waals surface area contributed by atoms with E-state index in [0.717, 1.165) is 56.1 Å². The van der Waals surface area contributed by atoms with Crippen LogP contribution >= 0.6 is 0 Å². The molecule has 0 amide bonds.